The van der Waals surface area contributed by atoms with Gasteiger partial charge >= 0.3 is 0 Å². The van der Waals surface area contributed by atoms with Crippen molar-refractivity contribution in [2.45, 2.75) is 43.5 Å². The number of benzene rings is 1. The van der Waals surface area contributed by atoms with Gasteiger partial charge in [0.25, 0.3) is 0 Å². The maximum atomic E-state index is 4.20. The standard InChI is InChI=1S/C17H21BrN2S/c1-17(2,3)20-10-13-5-4-6-16(8-13)21-12-14-7-15(18)11-19-9-14/h4-9,11,20H,10,12H2,1-3H3. The van der Waals surface area contributed by atoms with Gasteiger partial charge in [-0.2, -0.15) is 0 Å². The lowest BCUT2D eigenvalue weighted by molar-refractivity contribution is 0.424. The molecular weight excluding hydrogens is 344 g/mol. The number of halogens is 1. The molecule has 1 N–H and O–H groups in total. The first-order valence-corrected chi connectivity index (χ1v) is 8.76. The molecule has 0 aliphatic carbocycles. The molecule has 0 spiro atoms. The fourth-order valence-corrected chi connectivity index (χ4v) is 3.13. The maximum absolute atomic E-state index is 4.20. The van der Waals surface area contributed by atoms with Crippen molar-refractivity contribution in [3.8, 4) is 0 Å². The smallest absolute Gasteiger partial charge is 0.0410 e. The second kappa shape index (κ2) is 7.43. The van der Waals surface area contributed by atoms with Crippen molar-refractivity contribution in [2.75, 3.05) is 0 Å². The lowest BCUT2D eigenvalue weighted by Crippen LogP contribution is -2.35. The Bertz CT molecular complexity index is 593. The molecule has 0 bridgehead atoms. The minimum atomic E-state index is 0.144. The second-order valence-electron chi connectivity index (χ2n) is 6.05. The average Bonchev–Trinajstić information content (AvgIpc) is 2.43. The molecule has 1 heterocycles. The van der Waals surface area contributed by atoms with Gasteiger partial charge in [-0.25, -0.2) is 0 Å². The van der Waals surface area contributed by atoms with E-state index in [1.54, 1.807) is 0 Å². The minimum absolute atomic E-state index is 0.144. The third kappa shape index (κ3) is 6.20. The molecule has 4 heteroatoms. The van der Waals surface area contributed by atoms with Crippen molar-refractivity contribution >= 4 is 27.7 Å². The zero-order valence-electron chi connectivity index (χ0n) is 12.7. The predicted molar refractivity (Wildman–Crippen MR) is 94.5 cm³/mol. The molecule has 0 aliphatic rings. The van der Waals surface area contributed by atoms with Crippen LogP contribution >= 0.6 is 27.7 Å². The summed E-state index contributed by atoms with van der Waals surface area (Å²) in [4.78, 5) is 5.49. The molecule has 0 fully saturated rings. The number of rotatable bonds is 5. The average molecular weight is 365 g/mol. The van der Waals surface area contributed by atoms with E-state index in [2.05, 4.69) is 77.3 Å². The number of nitrogens with zero attached hydrogens (tertiary/aromatic N) is 1. The molecule has 1 aromatic carbocycles. The Hall–Kier alpha value is -0.840. The Balaban J connectivity index is 1.95. The zero-order chi connectivity index (χ0) is 15.3. The van der Waals surface area contributed by atoms with E-state index >= 15 is 0 Å². The lowest BCUT2D eigenvalue weighted by atomic mass is 10.1. The molecule has 1 aromatic heterocycles. The number of aromatic nitrogens is 1. The highest BCUT2D eigenvalue weighted by molar-refractivity contribution is 9.10. The summed E-state index contributed by atoms with van der Waals surface area (Å²) in [6, 6.07) is 10.8. The Morgan fingerprint density at radius 2 is 1.95 bits per heavy atom. The molecule has 0 atom stereocenters. The summed E-state index contributed by atoms with van der Waals surface area (Å²) in [7, 11) is 0. The van der Waals surface area contributed by atoms with Gasteiger partial charge < -0.3 is 5.32 Å². The highest BCUT2D eigenvalue weighted by atomic mass is 79.9. The van der Waals surface area contributed by atoms with E-state index in [1.165, 1.54) is 16.0 Å². The predicted octanol–water partition coefficient (Wildman–Crippen LogP) is 5.02. The Labute approximate surface area is 139 Å². The normalized spacial score (nSPS) is 11.6. The number of nitrogens with one attached hydrogen (secondary N) is 1. The first kappa shape index (κ1) is 16.5. The van der Waals surface area contributed by atoms with E-state index in [1.807, 2.05) is 24.2 Å². The summed E-state index contributed by atoms with van der Waals surface area (Å²) in [6.45, 7) is 7.46. The van der Waals surface area contributed by atoms with Gasteiger partial charge in [-0.3, -0.25) is 4.98 Å². The topological polar surface area (TPSA) is 24.9 Å². The molecule has 0 unspecified atom stereocenters. The van der Waals surface area contributed by atoms with Crippen LogP contribution in [-0.4, -0.2) is 10.5 Å². The summed E-state index contributed by atoms with van der Waals surface area (Å²) in [5.74, 6) is 0.933. The van der Waals surface area contributed by atoms with Crippen molar-refractivity contribution in [3.05, 3.63) is 58.3 Å². The largest absolute Gasteiger partial charge is 0.308 e. The van der Waals surface area contributed by atoms with E-state index in [9.17, 15) is 0 Å². The third-order valence-electron chi connectivity index (χ3n) is 2.89. The van der Waals surface area contributed by atoms with Crippen LogP contribution in [0, 0.1) is 0 Å². The molecule has 0 saturated carbocycles. The molecule has 2 nitrogen and oxygen atoms in total. The highest BCUT2D eigenvalue weighted by Gasteiger charge is 2.08. The van der Waals surface area contributed by atoms with E-state index in [0.29, 0.717) is 0 Å². The van der Waals surface area contributed by atoms with Crippen LogP contribution < -0.4 is 5.32 Å². The van der Waals surface area contributed by atoms with E-state index in [-0.39, 0.29) is 5.54 Å². The molecule has 21 heavy (non-hydrogen) atoms. The number of hydrogen-bond acceptors (Lipinski definition) is 3. The van der Waals surface area contributed by atoms with Crippen molar-refractivity contribution in [1.29, 1.82) is 0 Å². The van der Waals surface area contributed by atoms with Crippen LogP contribution in [0.5, 0.6) is 0 Å². The first-order chi connectivity index (χ1) is 9.92. The fraction of sp³-hybridized carbons (Fsp3) is 0.353. The summed E-state index contributed by atoms with van der Waals surface area (Å²) < 4.78 is 1.03. The molecule has 0 amide bonds. The van der Waals surface area contributed by atoms with Gasteiger partial charge in [0.2, 0.25) is 0 Å². The monoisotopic (exact) mass is 364 g/mol. The summed E-state index contributed by atoms with van der Waals surface area (Å²) in [5.41, 5.74) is 2.69. The van der Waals surface area contributed by atoms with Crippen LogP contribution in [0.3, 0.4) is 0 Å². The SMILES string of the molecule is CC(C)(C)NCc1cccc(SCc2cncc(Br)c2)c1. The summed E-state index contributed by atoms with van der Waals surface area (Å²) in [5, 5.41) is 3.52. The number of thioether (sulfide) groups is 1. The molecule has 0 saturated heterocycles. The van der Waals surface area contributed by atoms with Crippen molar-refractivity contribution in [2.24, 2.45) is 0 Å². The van der Waals surface area contributed by atoms with Gasteiger partial charge in [0.05, 0.1) is 0 Å². The molecule has 2 rings (SSSR count). The first-order valence-electron chi connectivity index (χ1n) is 6.98. The van der Waals surface area contributed by atoms with Gasteiger partial charge in [-0.15, -0.1) is 11.8 Å². The van der Waals surface area contributed by atoms with E-state index in [4.69, 9.17) is 0 Å². The molecule has 0 aliphatic heterocycles. The maximum Gasteiger partial charge on any atom is 0.0410 e. The number of hydrogen-bond donors (Lipinski definition) is 1. The Morgan fingerprint density at radius 1 is 1.14 bits per heavy atom. The Morgan fingerprint density at radius 3 is 2.67 bits per heavy atom. The summed E-state index contributed by atoms with van der Waals surface area (Å²) in [6.07, 6.45) is 3.73. The van der Waals surface area contributed by atoms with Gasteiger partial charge in [0.15, 0.2) is 0 Å². The lowest BCUT2D eigenvalue weighted by Gasteiger charge is -2.20. The quantitative estimate of drug-likeness (QED) is 0.753. The van der Waals surface area contributed by atoms with Gasteiger partial charge in [0.1, 0.15) is 0 Å². The number of pyridine rings is 1. The molecule has 0 radical (unpaired) electrons. The summed E-state index contributed by atoms with van der Waals surface area (Å²) >= 11 is 5.30. The van der Waals surface area contributed by atoms with Gasteiger partial charge in [-0.05, 0) is 66.0 Å². The fourth-order valence-electron chi connectivity index (χ4n) is 1.81. The van der Waals surface area contributed by atoms with E-state index in [0.717, 1.165) is 16.8 Å². The Kier molecular flexibility index (Phi) is 5.85. The minimum Gasteiger partial charge on any atom is -0.308 e. The van der Waals surface area contributed by atoms with Crippen molar-refractivity contribution < 1.29 is 0 Å². The van der Waals surface area contributed by atoms with Crippen molar-refractivity contribution in [1.82, 2.24) is 10.3 Å². The van der Waals surface area contributed by atoms with Crippen LogP contribution in [0.2, 0.25) is 0 Å². The zero-order valence-corrected chi connectivity index (χ0v) is 15.1. The molecule has 2 aromatic rings. The van der Waals surface area contributed by atoms with Crippen LogP contribution in [0.4, 0.5) is 0 Å². The second-order valence-corrected chi connectivity index (χ2v) is 8.02. The van der Waals surface area contributed by atoms with Crippen LogP contribution in [0.25, 0.3) is 0 Å². The van der Waals surface area contributed by atoms with E-state index < -0.39 is 0 Å². The van der Waals surface area contributed by atoms with Crippen LogP contribution in [-0.2, 0) is 12.3 Å². The molecule has 112 valence electrons. The molecular formula is C17H21BrN2S. The third-order valence-corrected chi connectivity index (χ3v) is 4.39. The van der Waals surface area contributed by atoms with Crippen molar-refractivity contribution in [3.63, 3.8) is 0 Å². The van der Waals surface area contributed by atoms with Crippen LogP contribution in [0.15, 0.2) is 52.1 Å². The van der Waals surface area contributed by atoms with Crippen LogP contribution in [0.1, 0.15) is 31.9 Å². The van der Waals surface area contributed by atoms with Gasteiger partial charge in [-0.1, -0.05) is 12.1 Å². The highest BCUT2D eigenvalue weighted by Crippen LogP contribution is 2.24. The van der Waals surface area contributed by atoms with Gasteiger partial charge in [0, 0.05) is 39.6 Å².